The van der Waals surface area contributed by atoms with Gasteiger partial charge in [-0.05, 0) is 12.6 Å². The van der Waals surface area contributed by atoms with E-state index in [0.29, 0.717) is 18.5 Å². The van der Waals surface area contributed by atoms with Crippen LogP contribution in [0.2, 0.25) is 0 Å². The lowest BCUT2D eigenvalue weighted by Gasteiger charge is -1.98. The lowest BCUT2D eigenvalue weighted by molar-refractivity contribution is 0.101. The monoisotopic (exact) mass is 174 g/mol. The van der Waals surface area contributed by atoms with E-state index in [1.165, 1.54) is 0 Å². The second kappa shape index (κ2) is 3.11. The Labute approximate surface area is 76.3 Å². The molecule has 2 N–H and O–H groups in total. The molecule has 0 radical (unpaired) electrons. The van der Waals surface area contributed by atoms with Gasteiger partial charge in [-0.1, -0.05) is 18.2 Å². The molecule has 1 amide bonds. The van der Waals surface area contributed by atoms with Crippen LogP contribution in [-0.4, -0.2) is 18.2 Å². The number of amides is 1. The molecular formula is C10H10N2O. The second-order valence-corrected chi connectivity index (χ2v) is 2.95. The van der Waals surface area contributed by atoms with E-state index in [1.54, 1.807) is 6.07 Å². The third-order valence-corrected chi connectivity index (χ3v) is 2.09. The van der Waals surface area contributed by atoms with E-state index in [9.17, 15) is 4.79 Å². The van der Waals surface area contributed by atoms with Crippen molar-refractivity contribution in [2.45, 2.75) is 6.42 Å². The summed E-state index contributed by atoms with van der Waals surface area (Å²) in [4.78, 5) is 15.3. The summed E-state index contributed by atoms with van der Waals surface area (Å²) in [7, 11) is 0. The molecule has 0 bridgehead atoms. The highest BCUT2D eigenvalue weighted by atomic mass is 16.1. The number of carbonyl (C=O) groups excluding carboxylic acids is 1. The molecule has 0 aromatic heterocycles. The van der Waals surface area contributed by atoms with Crippen LogP contribution in [0.15, 0.2) is 29.3 Å². The van der Waals surface area contributed by atoms with Gasteiger partial charge >= 0.3 is 0 Å². The maximum Gasteiger partial charge on any atom is 0.277 e. The van der Waals surface area contributed by atoms with Crippen LogP contribution in [-0.2, 0) is 0 Å². The van der Waals surface area contributed by atoms with E-state index in [4.69, 9.17) is 5.73 Å². The molecule has 0 spiro atoms. The zero-order chi connectivity index (χ0) is 9.26. The maximum absolute atomic E-state index is 11.3. The summed E-state index contributed by atoms with van der Waals surface area (Å²) in [5.41, 5.74) is 7.88. The second-order valence-electron chi connectivity index (χ2n) is 2.95. The van der Waals surface area contributed by atoms with Crippen molar-refractivity contribution in [3.8, 4) is 0 Å². The van der Waals surface area contributed by atoms with Gasteiger partial charge in [-0.2, -0.15) is 0 Å². The molecule has 1 aromatic rings. The minimum Gasteiger partial charge on any atom is -0.330 e. The molecule has 1 aliphatic heterocycles. The molecule has 0 saturated carbocycles. The fraction of sp³-hybridized carbons (Fsp3) is 0.200. The number of aliphatic imine (C=N–C) groups is 1. The van der Waals surface area contributed by atoms with Gasteiger partial charge in [-0.3, -0.25) is 4.79 Å². The fourth-order valence-corrected chi connectivity index (χ4v) is 1.49. The summed E-state index contributed by atoms with van der Waals surface area (Å²) < 4.78 is 0. The predicted octanol–water partition coefficient (Wildman–Crippen LogP) is 0.978. The number of hydrogen-bond acceptors (Lipinski definition) is 2. The van der Waals surface area contributed by atoms with E-state index in [2.05, 4.69) is 4.99 Å². The number of nitrogens with zero attached hydrogens (tertiary/aromatic N) is 1. The van der Waals surface area contributed by atoms with E-state index in [0.717, 1.165) is 11.3 Å². The smallest absolute Gasteiger partial charge is 0.277 e. The largest absolute Gasteiger partial charge is 0.330 e. The van der Waals surface area contributed by atoms with Crippen molar-refractivity contribution >= 4 is 11.6 Å². The molecule has 1 aliphatic rings. The highest BCUT2D eigenvalue weighted by Gasteiger charge is 2.20. The molecular weight excluding hydrogens is 164 g/mol. The summed E-state index contributed by atoms with van der Waals surface area (Å²) in [6.45, 7) is 0.528. The van der Waals surface area contributed by atoms with Gasteiger partial charge in [0.25, 0.3) is 5.91 Å². The quantitative estimate of drug-likeness (QED) is 0.726. The van der Waals surface area contributed by atoms with Crippen molar-refractivity contribution < 1.29 is 4.79 Å². The van der Waals surface area contributed by atoms with Gasteiger partial charge in [0.15, 0.2) is 0 Å². The molecule has 0 atom stereocenters. The molecule has 1 heterocycles. The molecule has 0 aliphatic carbocycles. The first kappa shape index (κ1) is 8.13. The Morgan fingerprint density at radius 3 is 2.62 bits per heavy atom. The van der Waals surface area contributed by atoms with Crippen molar-refractivity contribution in [2.24, 2.45) is 10.7 Å². The Kier molecular flexibility index (Phi) is 1.94. The van der Waals surface area contributed by atoms with Crippen LogP contribution >= 0.6 is 0 Å². The Morgan fingerprint density at radius 2 is 1.92 bits per heavy atom. The highest BCUT2D eigenvalue weighted by Crippen LogP contribution is 2.19. The van der Waals surface area contributed by atoms with Gasteiger partial charge in [0.2, 0.25) is 0 Å². The lowest BCUT2D eigenvalue weighted by atomic mass is 10.0. The van der Waals surface area contributed by atoms with Gasteiger partial charge in [0.05, 0.1) is 11.3 Å². The van der Waals surface area contributed by atoms with Crippen molar-refractivity contribution in [1.82, 2.24) is 0 Å². The van der Waals surface area contributed by atoms with Crippen LogP contribution in [0.1, 0.15) is 22.3 Å². The normalized spacial score (nSPS) is 14.2. The van der Waals surface area contributed by atoms with Crippen LogP contribution < -0.4 is 5.73 Å². The number of fused-ring (bicyclic) bond motifs is 1. The van der Waals surface area contributed by atoms with Crippen LogP contribution in [0.25, 0.3) is 0 Å². The number of benzene rings is 1. The van der Waals surface area contributed by atoms with Crippen molar-refractivity contribution in [3.63, 3.8) is 0 Å². The number of hydrogen-bond donors (Lipinski definition) is 1. The van der Waals surface area contributed by atoms with Crippen molar-refractivity contribution in [2.75, 3.05) is 6.54 Å². The summed E-state index contributed by atoms with van der Waals surface area (Å²) in [5.74, 6) is -0.140. The minimum absolute atomic E-state index is 0.140. The summed E-state index contributed by atoms with van der Waals surface area (Å²) in [5, 5.41) is 0. The molecule has 0 unspecified atom stereocenters. The standard InChI is InChI=1S/C10H10N2O/c11-6-5-9-7-3-1-2-4-8(7)10(13)12-9/h1-4H,5-6,11H2. The van der Waals surface area contributed by atoms with Gasteiger partial charge in [0.1, 0.15) is 0 Å². The minimum atomic E-state index is -0.140. The van der Waals surface area contributed by atoms with E-state index < -0.39 is 0 Å². The number of carbonyl (C=O) groups is 1. The van der Waals surface area contributed by atoms with Gasteiger partial charge in [-0.25, -0.2) is 4.99 Å². The first-order valence-corrected chi connectivity index (χ1v) is 4.24. The van der Waals surface area contributed by atoms with Gasteiger partial charge in [-0.15, -0.1) is 0 Å². The average Bonchev–Trinajstić information content (AvgIpc) is 2.46. The molecule has 1 aromatic carbocycles. The lowest BCUT2D eigenvalue weighted by Crippen LogP contribution is -2.07. The average molecular weight is 174 g/mol. The van der Waals surface area contributed by atoms with Crippen LogP contribution in [0.3, 0.4) is 0 Å². The fourth-order valence-electron chi connectivity index (χ4n) is 1.49. The third-order valence-electron chi connectivity index (χ3n) is 2.09. The Hall–Kier alpha value is -1.48. The first-order valence-electron chi connectivity index (χ1n) is 4.24. The molecule has 2 rings (SSSR count). The number of nitrogens with two attached hydrogens (primary N) is 1. The highest BCUT2D eigenvalue weighted by molar-refractivity contribution is 6.21. The SMILES string of the molecule is NCCC1=NC(=O)c2ccccc21. The van der Waals surface area contributed by atoms with E-state index in [1.807, 2.05) is 18.2 Å². The maximum atomic E-state index is 11.3. The van der Waals surface area contributed by atoms with Crippen LogP contribution in [0.4, 0.5) is 0 Å². The number of rotatable bonds is 2. The summed E-state index contributed by atoms with van der Waals surface area (Å²) >= 11 is 0. The van der Waals surface area contributed by atoms with Gasteiger partial charge < -0.3 is 5.73 Å². The molecule has 0 fully saturated rings. The summed E-state index contributed by atoms with van der Waals surface area (Å²) in [6, 6.07) is 7.46. The molecule has 3 heteroatoms. The Bertz CT molecular complexity index is 382. The topological polar surface area (TPSA) is 55.4 Å². The van der Waals surface area contributed by atoms with Crippen LogP contribution in [0.5, 0.6) is 0 Å². The van der Waals surface area contributed by atoms with E-state index >= 15 is 0 Å². The Balaban J connectivity index is 2.45. The third kappa shape index (κ3) is 1.27. The Morgan fingerprint density at radius 1 is 1.23 bits per heavy atom. The van der Waals surface area contributed by atoms with Crippen LogP contribution in [0, 0.1) is 0 Å². The zero-order valence-electron chi connectivity index (χ0n) is 7.16. The van der Waals surface area contributed by atoms with E-state index in [-0.39, 0.29) is 5.91 Å². The molecule has 66 valence electrons. The molecule has 13 heavy (non-hydrogen) atoms. The summed E-state index contributed by atoms with van der Waals surface area (Å²) in [6.07, 6.45) is 0.669. The first-order chi connectivity index (χ1) is 6.33. The molecule has 0 saturated heterocycles. The van der Waals surface area contributed by atoms with Crippen molar-refractivity contribution in [1.29, 1.82) is 0 Å². The predicted molar refractivity (Wildman–Crippen MR) is 51.0 cm³/mol. The molecule has 3 nitrogen and oxygen atoms in total. The van der Waals surface area contributed by atoms with Gasteiger partial charge in [0, 0.05) is 12.0 Å². The van der Waals surface area contributed by atoms with Crippen molar-refractivity contribution in [3.05, 3.63) is 35.4 Å². The zero-order valence-corrected chi connectivity index (χ0v) is 7.16.